The van der Waals surface area contributed by atoms with Gasteiger partial charge in [0.1, 0.15) is 6.61 Å². The lowest BCUT2D eigenvalue weighted by Crippen LogP contribution is -2.29. The van der Waals surface area contributed by atoms with Crippen molar-refractivity contribution in [1.82, 2.24) is 5.43 Å². The smallest absolute Gasteiger partial charge is 0.261 e. The van der Waals surface area contributed by atoms with Crippen LogP contribution in [0.1, 0.15) is 22.9 Å². The Kier molecular flexibility index (Phi) is 5.83. The van der Waals surface area contributed by atoms with E-state index in [4.69, 9.17) is 10.6 Å². The van der Waals surface area contributed by atoms with Crippen molar-refractivity contribution in [3.63, 3.8) is 0 Å². The summed E-state index contributed by atoms with van der Waals surface area (Å²) in [4.78, 5) is 1.13. The lowest BCUT2D eigenvalue weighted by molar-refractivity contribution is 0.0144. The molecule has 0 fully saturated rings. The molecule has 1 unspecified atom stereocenters. The van der Waals surface area contributed by atoms with E-state index in [1.807, 2.05) is 18.4 Å². The van der Waals surface area contributed by atoms with Crippen molar-refractivity contribution in [3.05, 3.63) is 21.9 Å². The SMILES string of the molecule is Cc1ccsc1C(CCOCC(F)F)NN. The van der Waals surface area contributed by atoms with E-state index in [0.29, 0.717) is 6.42 Å². The van der Waals surface area contributed by atoms with Gasteiger partial charge in [0.05, 0.1) is 6.04 Å². The fourth-order valence-corrected chi connectivity index (χ4v) is 2.43. The Morgan fingerprint density at radius 3 is 2.81 bits per heavy atom. The molecule has 0 aliphatic rings. The van der Waals surface area contributed by atoms with Crippen LogP contribution in [0.3, 0.4) is 0 Å². The van der Waals surface area contributed by atoms with Gasteiger partial charge in [-0.25, -0.2) is 8.78 Å². The predicted octanol–water partition coefficient (Wildman–Crippen LogP) is 2.23. The van der Waals surface area contributed by atoms with Crippen molar-refractivity contribution < 1.29 is 13.5 Å². The molecule has 1 heterocycles. The molecular formula is C10H16F2N2OS. The van der Waals surface area contributed by atoms with E-state index in [2.05, 4.69) is 5.43 Å². The Morgan fingerprint density at radius 1 is 1.56 bits per heavy atom. The minimum Gasteiger partial charge on any atom is -0.375 e. The van der Waals surface area contributed by atoms with Crippen molar-refractivity contribution in [2.24, 2.45) is 5.84 Å². The third kappa shape index (κ3) is 4.13. The Labute approximate surface area is 97.6 Å². The van der Waals surface area contributed by atoms with Crippen LogP contribution in [0, 0.1) is 6.92 Å². The molecule has 0 aliphatic heterocycles. The number of hydrogen-bond acceptors (Lipinski definition) is 4. The zero-order valence-corrected chi connectivity index (χ0v) is 9.90. The minimum absolute atomic E-state index is 0.0299. The molecule has 0 aromatic carbocycles. The van der Waals surface area contributed by atoms with Gasteiger partial charge in [-0.3, -0.25) is 11.3 Å². The van der Waals surface area contributed by atoms with E-state index in [1.54, 1.807) is 11.3 Å². The standard InChI is InChI=1S/C10H16F2N2OS/c1-7-3-5-16-10(7)8(14-13)2-4-15-6-9(11)12/h3,5,8-9,14H,2,4,6,13H2,1H3. The first-order valence-corrected chi connectivity index (χ1v) is 5.89. The lowest BCUT2D eigenvalue weighted by Gasteiger charge is -2.15. The molecule has 1 rings (SSSR count). The number of hydrazine groups is 1. The third-order valence-corrected chi connectivity index (χ3v) is 3.35. The molecule has 3 nitrogen and oxygen atoms in total. The molecular weight excluding hydrogens is 234 g/mol. The number of ether oxygens (including phenoxy) is 1. The van der Waals surface area contributed by atoms with Gasteiger partial charge in [-0.15, -0.1) is 11.3 Å². The lowest BCUT2D eigenvalue weighted by atomic mass is 10.1. The normalized spacial score (nSPS) is 13.3. The number of alkyl halides is 2. The van der Waals surface area contributed by atoms with Gasteiger partial charge in [0.15, 0.2) is 0 Å². The minimum atomic E-state index is -2.41. The van der Waals surface area contributed by atoms with Crippen LogP contribution >= 0.6 is 11.3 Å². The van der Waals surface area contributed by atoms with E-state index in [9.17, 15) is 8.78 Å². The van der Waals surface area contributed by atoms with E-state index in [0.717, 1.165) is 10.4 Å². The summed E-state index contributed by atoms with van der Waals surface area (Å²) in [6, 6.07) is 1.97. The molecule has 0 saturated carbocycles. The molecule has 1 aromatic rings. The van der Waals surface area contributed by atoms with Crippen LogP contribution in [0.15, 0.2) is 11.4 Å². The van der Waals surface area contributed by atoms with Crippen LogP contribution in [0.25, 0.3) is 0 Å². The molecule has 0 amide bonds. The largest absolute Gasteiger partial charge is 0.375 e. The first-order valence-electron chi connectivity index (χ1n) is 5.01. The summed E-state index contributed by atoms with van der Waals surface area (Å²) in [5.74, 6) is 5.43. The zero-order valence-electron chi connectivity index (χ0n) is 9.08. The van der Waals surface area contributed by atoms with E-state index in [1.165, 1.54) is 0 Å². The van der Waals surface area contributed by atoms with Gasteiger partial charge in [-0.1, -0.05) is 0 Å². The highest BCUT2D eigenvalue weighted by molar-refractivity contribution is 7.10. The third-order valence-electron chi connectivity index (χ3n) is 2.21. The first-order chi connectivity index (χ1) is 7.65. The fraction of sp³-hybridized carbons (Fsp3) is 0.600. The first kappa shape index (κ1) is 13.5. The Morgan fingerprint density at radius 2 is 2.31 bits per heavy atom. The second-order valence-electron chi connectivity index (χ2n) is 3.44. The Bertz CT molecular complexity index is 307. The second-order valence-corrected chi connectivity index (χ2v) is 4.39. The maximum atomic E-state index is 11.8. The van der Waals surface area contributed by atoms with Crippen LogP contribution in [0.2, 0.25) is 0 Å². The van der Waals surface area contributed by atoms with Gasteiger partial charge in [-0.2, -0.15) is 0 Å². The molecule has 92 valence electrons. The Balaban J connectivity index is 2.36. The molecule has 0 saturated heterocycles. The average molecular weight is 250 g/mol. The molecule has 1 atom stereocenters. The van der Waals surface area contributed by atoms with E-state index >= 15 is 0 Å². The summed E-state index contributed by atoms with van der Waals surface area (Å²) in [6.07, 6.45) is -1.82. The highest BCUT2D eigenvalue weighted by Gasteiger charge is 2.13. The number of aryl methyl sites for hydroxylation is 1. The topological polar surface area (TPSA) is 47.3 Å². The van der Waals surface area contributed by atoms with Gasteiger partial charge < -0.3 is 4.74 Å². The molecule has 0 radical (unpaired) electrons. The molecule has 0 bridgehead atoms. The number of hydrogen-bond donors (Lipinski definition) is 2. The fourth-order valence-electron chi connectivity index (χ4n) is 1.41. The highest BCUT2D eigenvalue weighted by Crippen LogP contribution is 2.25. The molecule has 16 heavy (non-hydrogen) atoms. The van der Waals surface area contributed by atoms with Crippen LogP contribution in [-0.4, -0.2) is 19.6 Å². The number of nitrogens with one attached hydrogen (secondary N) is 1. The summed E-state index contributed by atoms with van der Waals surface area (Å²) in [5, 5.41) is 1.98. The molecule has 6 heteroatoms. The molecule has 3 N–H and O–H groups in total. The van der Waals surface area contributed by atoms with Crippen LogP contribution in [0.5, 0.6) is 0 Å². The molecule has 0 aliphatic carbocycles. The average Bonchev–Trinajstić information content (AvgIpc) is 2.65. The maximum absolute atomic E-state index is 11.8. The predicted molar refractivity (Wildman–Crippen MR) is 60.6 cm³/mol. The maximum Gasteiger partial charge on any atom is 0.261 e. The van der Waals surface area contributed by atoms with Crippen molar-refractivity contribution in [2.45, 2.75) is 25.8 Å². The van der Waals surface area contributed by atoms with Crippen molar-refractivity contribution in [3.8, 4) is 0 Å². The van der Waals surface area contributed by atoms with Crippen molar-refractivity contribution in [1.29, 1.82) is 0 Å². The summed E-state index contributed by atoms with van der Waals surface area (Å²) < 4.78 is 28.5. The van der Waals surface area contributed by atoms with Gasteiger partial charge in [-0.05, 0) is 30.4 Å². The summed E-state index contributed by atoms with van der Waals surface area (Å²) in [7, 11) is 0. The van der Waals surface area contributed by atoms with Crippen LogP contribution < -0.4 is 11.3 Å². The van der Waals surface area contributed by atoms with Gasteiger partial charge in [0.25, 0.3) is 6.43 Å². The monoisotopic (exact) mass is 250 g/mol. The van der Waals surface area contributed by atoms with E-state index < -0.39 is 13.0 Å². The second kappa shape index (κ2) is 6.90. The summed E-state index contributed by atoms with van der Waals surface area (Å²) >= 11 is 1.60. The van der Waals surface area contributed by atoms with Crippen molar-refractivity contribution in [2.75, 3.05) is 13.2 Å². The molecule has 0 spiro atoms. The number of thiophene rings is 1. The van der Waals surface area contributed by atoms with Gasteiger partial charge in [0.2, 0.25) is 0 Å². The number of halogens is 2. The zero-order chi connectivity index (χ0) is 12.0. The number of rotatable bonds is 7. The quantitative estimate of drug-likeness (QED) is 0.443. The van der Waals surface area contributed by atoms with Crippen LogP contribution in [-0.2, 0) is 4.74 Å². The molecule has 1 aromatic heterocycles. The van der Waals surface area contributed by atoms with Crippen molar-refractivity contribution >= 4 is 11.3 Å². The number of nitrogens with two attached hydrogens (primary N) is 1. The van der Waals surface area contributed by atoms with Gasteiger partial charge >= 0.3 is 0 Å². The Hall–Kier alpha value is -0.560. The summed E-state index contributed by atoms with van der Waals surface area (Å²) in [6.45, 7) is 1.76. The highest BCUT2D eigenvalue weighted by atomic mass is 32.1. The van der Waals surface area contributed by atoms with Crippen LogP contribution in [0.4, 0.5) is 8.78 Å². The summed E-state index contributed by atoms with van der Waals surface area (Å²) in [5.41, 5.74) is 3.83. The van der Waals surface area contributed by atoms with Gasteiger partial charge in [0, 0.05) is 11.5 Å². The van der Waals surface area contributed by atoms with E-state index in [-0.39, 0.29) is 12.6 Å².